The second kappa shape index (κ2) is 13.2. The molecule has 3 aliphatic rings. The summed E-state index contributed by atoms with van der Waals surface area (Å²) in [4.78, 5) is 51.5. The minimum absolute atomic E-state index is 0.0340. The molecule has 1 spiro atoms. The van der Waals surface area contributed by atoms with E-state index in [2.05, 4.69) is 29.8 Å². The topological polar surface area (TPSA) is 173 Å². The molecule has 0 bridgehead atoms. The highest BCUT2D eigenvalue weighted by Gasteiger charge is 2.51. The van der Waals surface area contributed by atoms with Gasteiger partial charge in [-0.25, -0.2) is 14.4 Å². The Morgan fingerprint density at radius 1 is 1.04 bits per heavy atom. The van der Waals surface area contributed by atoms with Crippen LogP contribution >= 0.6 is 0 Å². The van der Waals surface area contributed by atoms with Crippen molar-refractivity contribution in [3.05, 3.63) is 77.5 Å². The Morgan fingerprint density at radius 3 is 2.49 bits per heavy atom. The fourth-order valence-corrected chi connectivity index (χ4v) is 6.51. The second-order valence-corrected chi connectivity index (χ2v) is 12.1. The Bertz CT molecular complexity index is 1720. The number of benzene rings is 1. The molecule has 244 valence electrons. The van der Waals surface area contributed by atoms with Gasteiger partial charge in [0, 0.05) is 57.6 Å². The molecule has 6 rings (SSSR count). The number of nitrogens with zero attached hydrogens (tertiary/aromatic N) is 8. The first-order valence-corrected chi connectivity index (χ1v) is 15.6. The molecule has 0 saturated carbocycles. The Morgan fingerprint density at radius 2 is 1.79 bits per heavy atom. The van der Waals surface area contributed by atoms with Crippen LogP contribution in [0.4, 0.5) is 21.6 Å². The van der Waals surface area contributed by atoms with Crippen LogP contribution in [0.5, 0.6) is 0 Å². The van der Waals surface area contributed by atoms with Crippen LogP contribution in [0.2, 0.25) is 0 Å². The van der Waals surface area contributed by atoms with Gasteiger partial charge in [0.15, 0.2) is 0 Å². The van der Waals surface area contributed by atoms with Gasteiger partial charge in [-0.2, -0.15) is 0 Å². The molecule has 0 unspecified atom stereocenters. The van der Waals surface area contributed by atoms with E-state index in [1.807, 2.05) is 29.2 Å². The Balaban J connectivity index is 1.03. The molecule has 0 radical (unpaired) electrons. The van der Waals surface area contributed by atoms with Gasteiger partial charge >= 0.3 is 0 Å². The van der Waals surface area contributed by atoms with E-state index in [1.54, 1.807) is 24.1 Å². The largest absolute Gasteiger partial charge is 0.397 e. The van der Waals surface area contributed by atoms with Gasteiger partial charge in [0.2, 0.25) is 11.8 Å². The van der Waals surface area contributed by atoms with E-state index >= 15 is 0 Å². The van der Waals surface area contributed by atoms with Crippen molar-refractivity contribution in [1.29, 1.82) is 5.41 Å². The van der Waals surface area contributed by atoms with Gasteiger partial charge in [0.1, 0.15) is 35.2 Å². The molecule has 0 aliphatic carbocycles. The number of rotatable bonds is 8. The van der Waals surface area contributed by atoms with Crippen molar-refractivity contribution in [3.8, 4) is 0 Å². The molecule has 3 aromatic rings. The molecule has 5 heterocycles. The third-order valence-corrected chi connectivity index (χ3v) is 9.19. The number of pyridine rings is 2. The van der Waals surface area contributed by atoms with Crippen LogP contribution in [0.3, 0.4) is 0 Å². The summed E-state index contributed by atoms with van der Waals surface area (Å²) >= 11 is 0. The molecule has 2 aromatic heterocycles. The molecule has 13 nitrogen and oxygen atoms in total. The van der Waals surface area contributed by atoms with Crippen molar-refractivity contribution in [2.45, 2.75) is 12.8 Å². The summed E-state index contributed by atoms with van der Waals surface area (Å²) in [6, 6.07) is 13.8. The van der Waals surface area contributed by atoms with Crippen molar-refractivity contribution in [1.82, 2.24) is 19.8 Å². The molecule has 3 fully saturated rings. The Labute approximate surface area is 272 Å². The third kappa shape index (κ3) is 6.54. The van der Waals surface area contributed by atoms with Crippen molar-refractivity contribution >= 4 is 46.9 Å². The Kier molecular flexibility index (Phi) is 8.94. The molecular formula is C33H38FN11O2. The number of piperazine rings is 1. The van der Waals surface area contributed by atoms with E-state index in [9.17, 15) is 14.0 Å². The molecule has 47 heavy (non-hydrogen) atoms. The van der Waals surface area contributed by atoms with Gasteiger partial charge in [-0.15, -0.1) is 0 Å². The highest BCUT2D eigenvalue weighted by atomic mass is 19.1. The summed E-state index contributed by atoms with van der Waals surface area (Å²) in [6.07, 6.45) is 3.77. The van der Waals surface area contributed by atoms with E-state index in [-0.39, 0.29) is 41.1 Å². The molecule has 3 saturated heterocycles. The van der Waals surface area contributed by atoms with E-state index in [0.29, 0.717) is 57.2 Å². The lowest BCUT2D eigenvalue weighted by Crippen LogP contribution is -2.51. The molecule has 2 amide bonds. The lowest BCUT2D eigenvalue weighted by molar-refractivity contribution is -0.133. The van der Waals surface area contributed by atoms with E-state index in [1.165, 1.54) is 18.5 Å². The van der Waals surface area contributed by atoms with Gasteiger partial charge in [-0.1, -0.05) is 0 Å². The number of halogens is 1. The lowest BCUT2D eigenvalue weighted by atomic mass is 9.85. The zero-order chi connectivity index (χ0) is 33.1. The molecule has 1 atom stereocenters. The van der Waals surface area contributed by atoms with Crippen LogP contribution in [0.1, 0.15) is 29.8 Å². The van der Waals surface area contributed by atoms with Crippen molar-refractivity contribution in [3.63, 3.8) is 0 Å². The predicted octanol–water partition coefficient (Wildman–Crippen LogP) is 1.76. The molecule has 5 N–H and O–H groups in total. The van der Waals surface area contributed by atoms with Crippen LogP contribution in [-0.4, -0.2) is 109 Å². The fraction of sp³-hybridized carbons (Fsp3) is 0.364. The maximum absolute atomic E-state index is 13.8. The number of nitrogens with one attached hydrogen (secondary N) is 1. The van der Waals surface area contributed by atoms with Crippen LogP contribution in [0, 0.1) is 16.6 Å². The standard InChI is InChI=1S/C33H38FN11O2/c1-38-21-40-31(37)22-2-5-24(6-3-22)43-14-16-44(17-15-43)28(46)19-42-12-10-33(20-42)11-13-45(32(33)47)27-9-7-25(35)30(41-27)29(36)26-8-4-23(34)18-39-26/h2-9,18,21,36H,10-17,19-20,35H2,1H3,(H2,37,38,40)/t33-/m0/s1. The quantitative estimate of drug-likeness (QED) is 0.247. The number of hydrogen-bond acceptors (Lipinski definition) is 9. The summed E-state index contributed by atoms with van der Waals surface area (Å²) in [6.45, 7) is 4.61. The normalized spacial score (nSPS) is 20.6. The van der Waals surface area contributed by atoms with Gasteiger partial charge in [0.05, 0.1) is 29.5 Å². The van der Waals surface area contributed by atoms with Crippen molar-refractivity contribution in [2.75, 3.05) is 74.9 Å². The number of carbonyl (C=O) groups excluding carboxylic acids is 2. The maximum Gasteiger partial charge on any atom is 0.236 e. The average molecular weight is 640 g/mol. The maximum atomic E-state index is 13.8. The highest BCUT2D eigenvalue weighted by Crippen LogP contribution is 2.42. The van der Waals surface area contributed by atoms with Crippen LogP contribution in [-0.2, 0) is 9.59 Å². The summed E-state index contributed by atoms with van der Waals surface area (Å²) in [5.41, 5.74) is 14.1. The zero-order valence-corrected chi connectivity index (χ0v) is 26.3. The second-order valence-electron chi connectivity index (χ2n) is 12.1. The van der Waals surface area contributed by atoms with Gasteiger partial charge in [0.25, 0.3) is 0 Å². The average Bonchev–Trinajstić information content (AvgIpc) is 3.65. The number of aliphatic imine (C=N–C) groups is 2. The number of likely N-dealkylation sites (tertiary alicyclic amines) is 1. The first kappa shape index (κ1) is 31.7. The Hall–Kier alpha value is -5.24. The fourth-order valence-electron chi connectivity index (χ4n) is 6.51. The number of hydrogen-bond donors (Lipinski definition) is 3. The third-order valence-electron chi connectivity index (χ3n) is 9.19. The molecule has 1 aromatic carbocycles. The minimum atomic E-state index is -0.585. The SMILES string of the molecule is CN=CN=C(N)c1ccc(N2CCN(C(=O)CN3CC[C@]4(CCN(c5ccc(N)c(C(=N)c6ccc(F)cn6)n5)C4=O)C3)CC2)cc1. The van der Waals surface area contributed by atoms with Gasteiger partial charge < -0.3 is 21.3 Å². The molecule has 14 heteroatoms. The van der Waals surface area contributed by atoms with Crippen LogP contribution in [0.25, 0.3) is 0 Å². The number of amides is 2. The van der Waals surface area contributed by atoms with Crippen LogP contribution in [0.15, 0.2) is 64.7 Å². The zero-order valence-electron chi connectivity index (χ0n) is 26.3. The predicted molar refractivity (Wildman–Crippen MR) is 180 cm³/mol. The number of amidine groups is 1. The molecular weight excluding hydrogens is 601 g/mol. The number of aromatic nitrogens is 2. The van der Waals surface area contributed by atoms with E-state index in [4.69, 9.17) is 16.9 Å². The van der Waals surface area contributed by atoms with Gasteiger partial charge in [-0.3, -0.25) is 34.8 Å². The number of nitrogens with two attached hydrogens (primary N) is 2. The minimum Gasteiger partial charge on any atom is -0.397 e. The summed E-state index contributed by atoms with van der Waals surface area (Å²) < 4.78 is 13.4. The lowest BCUT2D eigenvalue weighted by Gasteiger charge is -2.37. The van der Waals surface area contributed by atoms with E-state index < -0.39 is 11.2 Å². The first-order chi connectivity index (χ1) is 22.7. The van der Waals surface area contributed by atoms with Gasteiger partial charge in [-0.05, 0) is 67.9 Å². The number of anilines is 3. The summed E-state index contributed by atoms with van der Waals surface area (Å²) in [7, 11) is 1.64. The number of nitrogen functional groups attached to an aromatic ring is 1. The van der Waals surface area contributed by atoms with Crippen LogP contribution < -0.4 is 21.3 Å². The van der Waals surface area contributed by atoms with Crippen molar-refractivity contribution in [2.24, 2.45) is 21.1 Å². The number of carbonyl (C=O) groups is 2. The van der Waals surface area contributed by atoms with Crippen molar-refractivity contribution < 1.29 is 14.0 Å². The monoisotopic (exact) mass is 639 g/mol. The highest BCUT2D eigenvalue weighted by molar-refractivity contribution is 6.12. The smallest absolute Gasteiger partial charge is 0.236 e. The first-order valence-electron chi connectivity index (χ1n) is 15.6. The summed E-state index contributed by atoms with van der Waals surface area (Å²) in [5.74, 6) is 0.343. The molecule has 3 aliphatic heterocycles. The van der Waals surface area contributed by atoms with E-state index in [0.717, 1.165) is 30.5 Å². The summed E-state index contributed by atoms with van der Waals surface area (Å²) in [5, 5.41) is 8.54.